The molecule has 1 aromatic heterocycles. The number of rotatable bonds is 2. The first kappa shape index (κ1) is 11.1. The zero-order chi connectivity index (χ0) is 11.5. The molecule has 2 heterocycles. The first-order chi connectivity index (χ1) is 7.72. The average molecular weight is 238 g/mol. The smallest absolute Gasteiger partial charge is 0.264 e. The summed E-state index contributed by atoms with van der Waals surface area (Å²) < 4.78 is 0. The van der Waals surface area contributed by atoms with E-state index in [2.05, 4.69) is 0 Å². The zero-order valence-corrected chi connectivity index (χ0v) is 10.00. The van der Waals surface area contributed by atoms with Crippen LogP contribution in [0.25, 0.3) is 0 Å². The Labute approximate surface area is 98.5 Å². The van der Waals surface area contributed by atoms with Gasteiger partial charge in [-0.15, -0.1) is 11.3 Å². The van der Waals surface area contributed by atoms with Gasteiger partial charge in [0, 0.05) is 26.2 Å². The van der Waals surface area contributed by atoms with Gasteiger partial charge in [-0.3, -0.25) is 9.59 Å². The van der Waals surface area contributed by atoms with Crippen molar-refractivity contribution in [1.82, 2.24) is 9.80 Å². The summed E-state index contributed by atoms with van der Waals surface area (Å²) in [5.41, 5.74) is 1.04. The van der Waals surface area contributed by atoms with Crippen molar-refractivity contribution in [3.05, 3.63) is 21.9 Å². The van der Waals surface area contributed by atoms with Gasteiger partial charge in [0.25, 0.3) is 5.91 Å². The molecule has 1 aromatic rings. The Morgan fingerprint density at radius 3 is 2.56 bits per heavy atom. The van der Waals surface area contributed by atoms with Gasteiger partial charge in [0.2, 0.25) is 6.41 Å². The van der Waals surface area contributed by atoms with Crippen molar-refractivity contribution in [3.63, 3.8) is 0 Å². The predicted molar refractivity (Wildman–Crippen MR) is 62.6 cm³/mol. The lowest BCUT2D eigenvalue weighted by Gasteiger charge is -2.32. The lowest BCUT2D eigenvalue weighted by molar-refractivity contribution is -0.119. The summed E-state index contributed by atoms with van der Waals surface area (Å²) in [6.45, 7) is 4.49. The predicted octanol–water partition coefficient (Wildman–Crippen LogP) is 0.971. The van der Waals surface area contributed by atoms with E-state index >= 15 is 0 Å². The summed E-state index contributed by atoms with van der Waals surface area (Å²) in [4.78, 5) is 27.0. The van der Waals surface area contributed by atoms with Crippen molar-refractivity contribution in [1.29, 1.82) is 0 Å². The Hall–Kier alpha value is -1.36. The molecule has 0 saturated carbocycles. The Bertz CT molecular complexity index is 394. The number of piperazine rings is 1. The van der Waals surface area contributed by atoms with Crippen molar-refractivity contribution >= 4 is 23.7 Å². The minimum Gasteiger partial charge on any atom is -0.342 e. The molecule has 0 unspecified atom stereocenters. The highest BCUT2D eigenvalue weighted by molar-refractivity contribution is 7.12. The van der Waals surface area contributed by atoms with Gasteiger partial charge < -0.3 is 9.80 Å². The topological polar surface area (TPSA) is 40.6 Å². The molecule has 1 saturated heterocycles. The van der Waals surface area contributed by atoms with Crippen LogP contribution in [0.3, 0.4) is 0 Å². The maximum atomic E-state index is 12.1. The fourth-order valence-electron chi connectivity index (χ4n) is 1.77. The average Bonchev–Trinajstić information content (AvgIpc) is 2.75. The number of carbonyl (C=O) groups excluding carboxylic acids is 2. The van der Waals surface area contributed by atoms with Crippen LogP contribution >= 0.6 is 11.3 Å². The van der Waals surface area contributed by atoms with E-state index in [1.807, 2.05) is 23.3 Å². The molecule has 0 aliphatic carbocycles. The molecular formula is C11H14N2O2S. The van der Waals surface area contributed by atoms with E-state index in [0.717, 1.165) is 16.9 Å². The van der Waals surface area contributed by atoms with Crippen LogP contribution in [-0.4, -0.2) is 48.3 Å². The largest absolute Gasteiger partial charge is 0.342 e. The second-order valence-electron chi connectivity index (χ2n) is 3.87. The first-order valence-electron chi connectivity index (χ1n) is 5.25. The van der Waals surface area contributed by atoms with Crippen LogP contribution in [0.1, 0.15) is 15.2 Å². The normalized spacial score (nSPS) is 16.3. The quantitative estimate of drug-likeness (QED) is 0.720. The Kier molecular flexibility index (Phi) is 3.24. The molecule has 0 radical (unpaired) electrons. The summed E-state index contributed by atoms with van der Waals surface area (Å²) in [5.74, 6) is 0.0954. The maximum Gasteiger partial charge on any atom is 0.264 e. The van der Waals surface area contributed by atoms with Gasteiger partial charge in [0.1, 0.15) is 0 Å². The molecule has 0 spiro atoms. The third-order valence-corrected chi connectivity index (χ3v) is 3.81. The number of hydrogen-bond donors (Lipinski definition) is 0. The van der Waals surface area contributed by atoms with Crippen molar-refractivity contribution in [2.24, 2.45) is 0 Å². The molecule has 16 heavy (non-hydrogen) atoms. The van der Waals surface area contributed by atoms with Crippen LogP contribution in [-0.2, 0) is 4.79 Å². The highest BCUT2D eigenvalue weighted by atomic mass is 32.1. The number of nitrogens with zero attached hydrogens (tertiary/aromatic N) is 2. The van der Waals surface area contributed by atoms with E-state index in [4.69, 9.17) is 0 Å². The van der Waals surface area contributed by atoms with Crippen LogP contribution < -0.4 is 0 Å². The minimum absolute atomic E-state index is 0.0954. The molecular weight excluding hydrogens is 224 g/mol. The number of carbonyl (C=O) groups is 2. The van der Waals surface area contributed by atoms with Gasteiger partial charge in [0.15, 0.2) is 0 Å². The van der Waals surface area contributed by atoms with Crippen LogP contribution in [0.4, 0.5) is 0 Å². The standard InChI is InChI=1S/C11H14N2O2S/c1-9-2-7-16-10(9)11(15)13-5-3-12(8-14)4-6-13/h2,7-8H,3-6H2,1H3. The lowest BCUT2D eigenvalue weighted by atomic mass is 10.2. The number of hydrogen-bond acceptors (Lipinski definition) is 3. The van der Waals surface area contributed by atoms with E-state index in [1.165, 1.54) is 11.3 Å². The summed E-state index contributed by atoms with van der Waals surface area (Å²) in [5, 5.41) is 1.93. The molecule has 1 aliphatic heterocycles. The number of aryl methyl sites for hydroxylation is 1. The Morgan fingerprint density at radius 1 is 1.38 bits per heavy atom. The molecule has 0 aromatic carbocycles. The second-order valence-corrected chi connectivity index (χ2v) is 4.78. The molecule has 0 N–H and O–H groups in total. The summed E-state index contributed by atoms with van der Waals surface area (Å²) in [6.07, 6.45) is 0.845. The molecule has 1 fully saturated rings. The van der Waals surface area contributed by atoms with Gasteiger partial charge >= 0.3 is 0 Å². The van der Waals surface area contributed by atoms with E-state index in [0.29, 0.717) is 26.2 Å². The summed E-state index contributed by atoms with van der Waals surface area (Å²) in [7, 11) is 0. The van der Waals surface area contributed by atoms with Crippen LogP contribution in [0.15, 0.2) is 11.4 Å². The molecule has 2 rings (SSSR count). The first-order valence-corrected chi connectivity index (χ1v) is 6.13. The highest BCUT2D eigenvalue weighted by Crippen LogP contribution is 2.18. The van der Waals surface area contributed by atoms with Gasteiger partial charge in [0.05, 0.1) is 4.88 Å². The number of thiophene rings is 1. The monoisotopic (exact) mass is 238 g/mol. The Balaban J connectivity index is 2.02. The van der Waals surface area contributed by atoms with Gasteiger partial charge in [-0.2, -0.15) is 0 Å². The highest BCUT2D eigenvalue weighted by Gasteiger charge is 2.22. The van der Waals surface area contributed by atoms with Crippen LogP contribution in [0.5, 0.6) is 0 Å². The molecule has 1 aliphatic rings. The third kappa shape index (κ3) is 2.09. The van der Waals surface area contributed by atoms with Gasteiger partial charge in [-0.05, 0) is 23.9 Å². The molecule has 2 amide bonds. The molecule has 5 heteroatoms. The van der Waals surface area contributed by atoms with Crippen molar-refractivity contribution < 1.29 is 9.59 Å². The van der Waals surface area contributed by atoms with Crippen molar-refractivity contribution in [2.75, 3.05) is 26.2 Å². The van der Waals surface area contributed by atoms with Crippen LogP contribution in [0.2, 0.25) is 0 Å². The van der Waals surface area contributed by atoms with E-state index in [1.54, 1.807) is 4.90 Å². The SMILES string of the molecule is Cc1ccsc1C(=O)N1CCN(C=O)CC1. The Morgan fingerprint density at radius 2 is 2.06 bits per heavy atom. The third-order valence-electron chi connectivity index (χ3n) is 2.81. The van der Waals surface area contributed by atoms with Crippen LogP contribution in [0, 0.1) is 6.92 Å². The van der Waals surface area contributed by atoms with E-state index < -0.39 is 0 Å². The maximum absolute atomic E-state index is 12.1. The van der Waals surface area contributed by atoms with Crippen molar-refractivity contribution in [2.45, 2.75) is 6.92 Å². The molecule has 4 nitrogen and oxygen atoms in total. The summed E-state index contributed by atoms with van der Waals surface area (Å²) in [6, 6.07) is 1.96. The van der Waals surface area contributed by atoms with Crippen molar-refractivity contribution in [3.8, 4) is 0 Å². The van der Waals surface area contributed by atoms with Gasteiger partial charge in [-0.1, -0.05) is 0 Å². The van der Waals surface area contributed by atoms with Gasteiger partial charge in [-0.25, -0.2) is 0 Å². The fourth-order valence-corrected chi connectivity index (χ4v) is 2.66. The molecule has 86 valence electrons. The fraction of sp³-hybridized carbons (Fsp3) is 0.455. The second kappa shape index (κ2) is 4.65. The zero-order valence-electron chi connectivity index (χ0n) is 9.18. The molecule has 0 bridgehead atoms. The minimum atomic E-state index is 0.0954. The molecule has 0 atom stereocenters. The van der Waals surface area contributed by atoms with E-state index in [9.17, 15) is 9.59 Å². The summed E-state index contributed by atoms with van der Waals surface area (Å²) >= 11 is 1.48. The number of amides is 2. The lowest BCUT2D eigenvalue weighted by Crippen LogP contribution is -2.48. The van der Waals surface area contributed by atoms with E-state index in [-0.39, 0.29) is 5.91 Å².